The molecular formula is C13H19FN2O3. The first kappa shape index (κ1) is 15.2. The maximum atomic E-state index is 13.7. The molecule has 0 aliphatic heterocycles. The lowest BCUT2D eigenvalue weighted by atomic mass is 10.2. The smallest absolute Gasteiger partial charge is 0.170 e. The van der Waals surface area contributed by atoms with Crippen LogP contribution < -0.4 is 10.5 Å². The van der Waals surface area contributed by atoms with Gasteiger partial charge in [0.05, 0.1) is 12.2 Å². The van der Waals surface area contributed by atoms with Crippen molar-refractivity contribution in [1.82, 2.24) is 0 Å². The van der Waals surface area contributed by atoms with Gasteiger partial charge in [-0.1, -0.05) is 5.16 Å². The molecule has 0 saturated carbocycles. The normalized spacial score (nSPS) is 12.5. The van der Waals surface area contributed by atoms with Crippen molar-refractivity contribution in [3.05, 3.63) is 29.6 Å². The molecule has 0 radical (unpaired) electrons. The number of hydrogen-bond donors (Lipinski definition) is 2. The van der Waals surface area contributed by atoms with Crippen molar-refractivity contribution < 1.29 is 19.1 Å². The first-order valence-corrected chi connectivity index (χ1v) is 5.87. The Morgan fingerprint density at radius 1 is 1.37 bits per heavy atom. The summed E-state index contributed by atoms with van der Waals surface area (Å²) in [5.74, 6) is -0.617. The molecule has 0 unspecified atom stereocenters. The Morgan fingerprint density at radius 3 is 2.58 bits per heavy atom. The highest BCUT2D eigenvalue weighted by atomic mass is 19.1. The van der Waals surface area contributed by atoms with E-state index in [1.165, 1.54) is 12.1 Å². The minimum absolute atomic E-state index is 0.104. The summed E-state index contributed by atoms with van der Waals surface area (Å²) < 4.78 is 24.4. The Morgan fingerprint density at radius 2 is 2.05 bits per heavy atom. The molecule has 1 rings (SSSR count). The highest BCUT2D eigenvalue weighted by molar-refractivity contribution is 5.97. The topological polar surface area (TPSA) is 77.1 Å². The molecule has 19 heavy (non-hydrogen) atoms. The fourth-order valence-electron chi connectivity index (χ4n) is 1.33. The maximum Gasteiger partial charge on any atom is 0.170 e. The zero-order valence-electron chi connectivity index (χ0n) is 11.3. The molecule has 106 valence electrons. The first-order valence-electron chi connectivity index (χ1n) is 5.87. The molecule has 1 aromatic rings. The number of amidine groups is 1. The molecule has 0 spiro atoms. The van der Waals surface area contributed by atoms with Crippen LogP contribution in [0.2, 0.25) is 0 Å². The molecule has 5 nitrogen and oxygen atoms in total. The zero-order valence-corrected chi connectivity index (χ0v) is 11.3. The number of nitrogens with zero attached hydrogens (tertiary/aromatic N) is 1. The lowest BCUT2D eigenvalue weighted by molar-refractivity contribution is -0.0166. The molecule has 0 atom stereocenters. The largest absolute Gasteiger partial charge is 0.488 e. The van der Waals surface area contributed by atoms with E-state index in [1.807, 2.05) is 20.8 Å². The number of benzene rings is 1. The summed E-state index contributed by atoms with van der Waals surface area (Å²) in [4.78, 5) is 0. The Balaban J connectivity index is 2.56. The van der Waals surface area contributed by atoms with Gasteiger partial charge in [-0.3, -0.25) is 0 Å². The van der Waals surface area contributed by atoms with E-state index in [9.17, 15) is 4.39 Å². The van der Waals surface area contributed by atoms with Gasteiger partial charge in [0.2, 0.25) is 0 Å². The minimum atomic E-state index is -0.570. The predicted octanol–water partition coefficient (Wildman–Crippen LogP) is 2.11. The second-order valence-electron chi connectivity index (χ2n) is 4.94. The van der Waals surface area contributed by atoms with Crippen molar-refractivity contribution in [1.29, 1.82) is 0 Å². The van der Waals surface area contributed by atoms with Crippen molar-refractivity contribution >= 4 is 5.84 Å². The summed E-state index contributed by atoms with van der Waals surface area (Å²) in [5.41, 5.74) is 5.39. The highest BCUT2D eigenvalue weighted by Crippen LogP contribution is 2.18. The molecule has 0 aromatic heterocycles. The summed E-state index contributed by atoms with van der Waals surface area (Å²) in [6, 6.07) is 4.09. The quantitative estimate of drug-likeness (QED) is 0.282. The Hall–Kier alpha value is -1.82. The van der Waals surface area contributed by atoms with Gasteiger partial charge in [0.25, 0.3) is 0 Å². The summed E-state index contributed by atoms with van der Waals surface area (Å²) >= 11 is 0. The van der Waals surface area contributed by atoms with Crippen molar-refractivity contribution in [2.75, 3.05) is 13.2 Å². The van der Waals surface area contributed by atoms with Crippen LogP contribution in [-0.2, 0) is 4.74 Å². The molecule has 1 aromatic carbocycles. The Bertz CT molecular complexity index is 456. The highest BCUT2D eigenvalue weighted by Gasteiger charge is 2.11. The van der Waals surface area contributed by atoms with Crippen LogP contribution in [0.3, 0.4) is 0 Å². The van der Waals surface area contributed by atoms with E-state index in [0.717, 1.165) is 6.07 Å². The van der Waals surface area contributed by atoms with Crippen molar-refractivity contribution in [3.8, 4) is 5.75 Å². The molecule has 0 aliphatic carbocycles. The number of rotatable bonds is 5. The molecular weight excluding hydrogens is 251 g/mol. The number of hydrogen-bond acceptors (Lipinski definition) is 4. The second-order valence-corrected chi connectivity index (χ2v) is 4.94. The molecule has 0 fully saturated rings. The van der Waals surface area contributed by atoms with E-state index >= 15 is 0 Å². The van der Waals surface area contributed by atoms with E-state index in [2.05, 4.69) is 5.16 Å². The van der Waals surface area contributed by atoms with Crippen LogP contribution in [0.5, 0.6) is 5.75 Å². The molecule has 0 amide bonds. The van der Waals surface area contributed by atoms with Gasteiger partial charge in [0.1, 0.15) is 6.61 Å². The van der Waals surface area contributed by atoms with Gasteiger partial charge in [-0.25, -0.2) is 4.39 Å². The van der Waals surface area contributed by atoms with Crippen LogP contribution in [0, 0.1) is 5.82 Å². The monoisotopic (exact) mass is 270 g/mol. The van der Waals surface area contributed by atoms with Crippen LogP contribution in [-0.4, -0.2) is 29.9 Å². The van der Waals surface area contributed by atoms with Crippen LogP contribution in [0.25, 0.3) is 0 Å². The molecule has 0 saturated heterocycles. The number of oxime groups is 1. The second kappa shape index (κ2) is 6.38. The van der Waals surface area contributed by atoms with Crippen LogP contribution in [0.1, 0.15) is 26.3 Å². The average Bonchev–Trinajstić information content (AvgIpc) is 2.33. The lowest BCUT2D eigenvalue weighted by Gasteiger charge is -2.19. The number of halogens is 1. The van der Waals surface area contributed by atoms with Crippen molar-refractivity contribution in [2.24, 2.45) is 10.9 Å². The summed E-state index contributed by atoms with van der Waals surface area (Å²) in [5, 5.41) is 11.3. The fourth-order valence-corrected chi connectivity index (χ4v) is 1.33. The van der Waals surface area contributed by atoms with E-state index in [1.54, 1.807) is 0 Å². The van der Waals surface area contributed by atoms with Gasteiger partial charge in [0.15, 0.2) is 17.4 Å². The van der Waals surface area contributed by atoms with E-state index in [0.29, 0.717) is 12.2 Å². The Labute approximate surface area is 111 Å². The molecule has 0 heterocycles. The fraction of sp³-hybridized carbons (Fsp3) is 0.462. The van der Waals surface area contributed by atoms with Gasteiger partial charge in [-0.2, -0.15) is 0 Å². The van der Waals surface area contributed by atoms with E-state index in [-0.39, 0.29) is 23.8 Å². The molecule has 3 N–H and O–H groups in total. The van der Waals surface area contributed by atoms with Crippen LogP contribution in [0.4, 0.5) is 4.39 Å². The van der Waals surface area contributed by atoms with Crippen molar-refractivity contribution in [2.45, 2.75) is 26.4 Å². The third-order valence-electron chi connectivity index (χ3n) is 2.21. The molecule has 0 bridgehead atoms. The average molecular weight is 270 g/mol. The zero-order chi connectivity index (χ0) is 14.5. The van der Waals surface area contributed by atoms with E-state index in [4.69, 9.17) is 20.4 Å². The third-order valence-corrected chi connectivity index (χ3v) is 2.21. The SMILES string of the molecule is CC(C)(C)OCCOc1ccc(/C(N)=N/O)cc1F. The standard InChI is InChI=1S/C13H19FN2O3/c1-13(2,3)19-7-6-18-11-5-4-9(8-10(11)14)12(15)16-17/h4-5,8,17H,6-7H2,1-3H3,(H2,15,16). The lowest BCUT2D eigenvalue weighted by Crippen LogP contribution is -2.22. The van der Waals surface area contributed by atoms with Gasteiger partial charge in [0, 0.05) is 5.56 Å². The minimum Gasteiger partial charge on any atom is -0.488 e. The summed E-state index contributed by atoms with van der Waals surface area (Å²) in [7, 11) is 0. The first-order chi connectivity index (χ1) is 8.83. The van der Waals surface area contributed by atoms with Crippen molar-refractivity contribution in [3.63, 3.8) is 0 Å². The van der Waals surface area contributed by atoms with E-state index < -0.39 is 5.82 Å². The van der Waals surface area contributed by atoms with Gasteiger partial charge in [-0.15, -0.1) is 0 Å². The summed E-state index contributed by atoms with van der Waals surface area (Å²) in [6.45, 7) is 6.40. The van der Waals surface area contributed by atoms with Gasteiger partial charge in [-0.05, 0) is 39.0 Å². The number of ether oxygens (including phenoxy) is 2. The van der Waals surface area contributed by atoms with Gasteiger partial charge >= 0.3 is 0 Å². The van der Waals surface area contributed by atoms with Crippen LogP contribution >= 0.6 is 0 Å². The van der Waals surface area contributed by atoms with Crippen LogP contribution in [0.15, 0.2) is 23.4 Å². The molecule has 0 aliphatic rings. The molecule has 6 heteroatoms. The third kappa shape index (κ3) is 5.13. The maximum absolute atomic E-state index is 13.7. The predicted molar refractivity (Wildman–Crippen MR) is 70.1 cm³/mol. The Kier molecular flexibility index (Phi) is 5.11. The van der Waals surface area contributed by atoms with Gasteiger partial charge < -0.3 is 20.4 Å². The summed E-state index contributed by atoms with van der Waals surface area (Å²) in [6.07, 6.45) is 0. The number of nitrogens with two attached hydrogens (primary N) is 1.